The molecule has 6 aliphatic rings. The van der Waals surface area contributed by atoms with Crippen molar-refractivity contribution in [3.05, 3.63) is 64.7 Å². The number of thioether (sulfide) groups is 1. The van der Waals surface area contributed by atoms with E-state index in [-0.39, 0.29) is 97.2 Å². The minimum Gasteiger partial charge on any atom is -0.490 e. The van der Waals surface area contributed by atoms with Gasteiger partial charge in [-0.05, 0) is 81.3 Å². The summed E-state index contributed by atoms with van der Waals surface area (Å²) in [6.45, 7) is 3.55. The molecule has 7 amide bonds. The Labute approximate surface area is 400 Å². The summed E-state index contributed by atoms with van der Waals surface area (Å²) in [4.78, 5) is 92.4. The molecule has 1 aliphatic carbocycles. The van der Waals surface area contributed by atoms with Gasteiger partial charge in [-0.1, -0.05) is 30.3 Å². The fourth-order valence-corrected chi connectivity index (χ4v) is 11.9. The van der Waals surface area contributed by atoms with Crippen LogP contribution in [-0.4, -0.2) is 166 Å². The Kier molecular flexibility index (Phi) is 15.5. The number of hydrogen-bond acceptors (Lipinski definition) is 15. The molecule has 6 atom stereocenters. The molecule has 2 aromatic rings. The van der Waals surface area contributed by atoms with E-state index in [1.54, 1.807) is 23.9 Å². The first-order chi connectivity index (χ1) is 32.6. The predicted octanol–water partition coefficient (Wildman–Crippen LogP) is 0.0222. The Morgan fingerprint density at radius 3 is 2.51 bits per heavy atom. The average Bonchev–Trinajstić information content (AvgIpc) is 3.59. The fraction of sp³-hybridized carbons (Fsp3) is 0.587. The summed E-state index contributed by atoms with van der Waals surface area (Å²) in [6.07, 6.45) is 5.15. The SMILES string of the molecule is CN(CCNC(=O)C1(C2CC(c3cccc(C4CSC(NC(=O)CNC(=O)C5CCN(S(C)(=O)=O)C5)N4)c3)CCN2)CC1)CCOCCOc1cccc2c1C(=O)N(C1CCC(=O)NC1=O)C2=O. The number of sulfonamides is 1. The van der Waals surface area contributed by atoms with Crippen molar-refractivity contribution in [1.82, 2.24) is 46.0 Å². The third-order valence-corrected chi connectivity index (χ3v) is 16.3. The number of benzene rings is 2. The van der Waals surface area contributed by atoms with Crippen molar-refractivity contribution >= 4 is 63.1 Å². The lowest BCUT2D eigenvalue weighted by molar-refractivity contribution is -0.136. The molecule has 6 N–H and O–H groups in total. The lowest BCUT2D eigenvalue weighted by Gasteiger charge is -2.36. The molecule has 0 aromatic heterocycles. The number of carbonyl (C=O) groups is 7. The predicted molar refractivity (Wildman–Crippen MR) is 250 cm³/mol. The first-order valence-corrected chi connectivity index (χ1v) is 26.3. The summed E-state index contributed by atoms with van der Waals surface area (Å²) in [7, 11) is -1.40. The number of imide groups is 2. The van der Waals surface area contributed by atoms with Gasteiger partial charge in [-0.15, -0.1) is 11.8 Å². The van der Waals surface area contributed by atoms with Gasteiger partial charge in [0.2, 0.25) is 39.6 Å². The molecule has 2 aromatic carbocycles. The Hall–Kier alpha value is -4.97. The van der Waals surface area contributed by atoms with Crippen LogP contribution >= 0.6 is 11.8 Å². The first-order valence-electron chi connectivity index (χ1n) is 23.4. The maximum Gasteiger partial charge on any atom is 0.266 e. The van der Waals surface area contributed by atoms with E-state index in [1.807, 2.05) is 7.05 Å². The Balaban J connectivity index is 0.718. The summed E-state index contributed by atoms with van der Waals surface area (Å²) < 4.78 is 36.5. The average molecular weight is 980 g/mol. The van der Waals surface area contributed by atoms with Crippen molar-refractivity contribution in [3.8, 4) is 5.75 Å². The molecule has 4 saturated heterocycles. The molecule has 22 heteroatoms. The number of piperidine rings is 2. The molecule has 5 fully saturated rings. The molecule has 8 rings (SSSR count). The van der Waals surface area contributed by atoms with Gasteiger partial charge in [-0.25, -0.2) is 12.7 Å². The summed E-state index contributed by atoms with van der Waals surface area (Å²) in [5, 5.41) is 18.1. The highest BCUT2D eigenvalue weighted by atomic mass is 32.2. The quantitative estimate of drug-likeness (QED) is 0.0756. The summed E-state index contributed by atoms with van der Waals surface area (Å²) in [5.41, 5.74) is 1.85. The molecular weight excluding hydrogens is 919 g/mol. The van der Waals surface area contributed by atoms with E-state index in [0.29, 0.717) is 39.2 Å². The highest BCUT2D eigenvalue weighted by Gasteiger charge is 2.56. The lowest BCUT2D eigenvalue weighted by atomic mass is 9.79. The van der Waals surface area contributed by atoms with Crippen molar-refractivity contribution < 1.29 is 51.5 Å². The number of ether oxygens (including phenoxy) is 2. The van der Waals surface area contributed by atoms with E-state index in [9.17, 15) is 42.0 Å². The number of rotatable bonds is 20. The van der Waals surface area contributed by atoms with E-state index in [2.05, 4.69) is 61.1 Å². The van der Waals surface area contributed by atoms with Crippen LogP contribution in [0, 0.1) is 11.3 Å². The lowest BCUT2D eigenvalue weighted by Crippen LogP contribution is -2.54. The Morgan fingerprint density at radius 2 is 1.75 bits per heavy atom. The van der Waals surface area contributed by atoms with Crippen LogP contribution in [0.2, 0.25) is 0 Å². The molecule has 5 aliphatic heterocycles. The van der Waals surface area contributed by atoms with Crippen molar-refractivity contribution in [2.24, 2.45) is 11.3 Å². The van der Waals surface area contributed by atoms with Gasteiger partial charge in [0, 0.05) is 57.0 Å². The third kappa shape index (κ3) is 11.4. The van der Waals surface area contributed by atoms with Crippen LogP contribution in [0.3, 0.4) is 0 Å². The van der Waals surface area contributed by atoms with Crippen LogP contribution in [0.15, 0.2) is 42.5 Å². The second kappa shape index (κ2) is 21.3. The largest absolute Gasteiger partial charge is 0.490 e. The molecule has 6 unspecified atom stereocenters. The molecule has 20 nitrogen and oxygen atoms in total. The molecule has 68 heavy (non-hydrogen) atoms. The molecule has 1 saturated carbocycles. The van der Waals surface area contributed by atoms with E-state index in [1.165, 1.54) is 15.9 Å². The topological polar surface area (TPSA) is 254 Å². The van der Waals surface area contributed by atoms with Crippen molar-refractivity contribution in [2.75, 3.05) is 84.7 Å². The second-order valence-corrected chi connectivity index (χ2v) is 21.6. The van der Waals surface area contributed by atoms with Gasteiger partial charge in [0.1, 0.15) is 23.9 Å². The monoisotopic (exact) mass is 979 g/mol. The van der Waals surface area contributed by atoms with Crippen molar-refractivity contribution in [3.63, 3.8) is 0 Å². The number of nitrogens with one attached hydrogen (secondary N) is 6. The minimum absolute atomic E-state index is 0.0166. The molecule has 368 valence electrons. The number of likely N-dealkylation sites (N-methyl/N-ethyl adjacent to an activating group) is 1. The van der Waals surface area contributed by atoms with Gasteiger partial charge in [-0.3, -0.25) is 49.1 Å². The maximum absolute atomic E-state index is 13.7. The molecule has 5 heterocycles. The smallest absolute Gasteiger partial charge is 0.266 e. The normalized spacial score (nSPS) is 25.8. The number of hydrogen-bond donors (Lipinski definition) is 6. The van der Waals surface area contributed by atoms with E-state index < -0.39 is 51.0 Å². The van der Waals surface area contributed by atoms with E-state index >= 15 is 0 Å². The van der Waals surface area contributed by atoms with Crippen LogP contribution in [0.4, 0.5) is 0 Å². The number of nitrogens with zero attached hydrogens (tertiary/aromatic N) is 3. The zero-order chi connectivity index (χ0) is 48.2. The zero-order valence-electron chi connectivity index (χ0n) is 38.4. The second-order valence-electron chi connectivity index (χ2n) is 18.5. The summed E-state index contributed by atoms with van der Waals surface area (Å²) >= 11 is 1.58. The molecule has 0 bridgehead atoms. The van der Waals surface area contributed by atoms with Crippen LogP contribution < -0.4 is 36.6 Å². The van der Waals surface area contributed by atoms with Gasteiger partial charge in [-0.2, -0.15) is 0 Å². The standard InChI is InChI=1S/C46H61N9O11S2/c1-53(19-20-65-21-22-66-35-8-4-7-32-39(35)43(61)55(42(32)60)34-9-10-37(56)51-41(34)59)18-16-48-44(62)46(13-14-46)36-24-29(11-15-47-36)28-5-3-6-30(23-28)33-27-67-45(50-33)52-38(57)25-49-40(58)31-12-17-54(26-31)68(2,63)64/h3-8,23,29,31,33-34,36,45,47,50H,9-22,24-27H2,1-2H3,(H,48,62)(H,49,58)(H,52,57)(H,51,56,59). The van der Waals surface area contributed by atoms with Gasteiger partial charge >= 0.3 is 0 Å². The summed E-state index contributed by atoms with van der Waals surface area (Å²) in [6, 6.07) is 12.3. The van der Waals surface area contributed by atoms with Crippen LogP contribution in [0.25, 0.3) is 0 Å². The zero-order valence-corrected chi connectivity index (χ0v) is 40.0. The number of fused-ring (bicyclic) bond motifs is 1. The molecule has 0 radical (unpaired) electrons. The van der Waals surface area contributed by atoms with Crippen LogP contribution in [0.5, 0.6) is 5.75 Å². The highest BCUT2D eigenvalue weighted by Crippen LogP contribution is 2.52. The number of carbonyl (C=O) groups excluding carboxylic acids is 7. The highest BCUT2D eigenvalue weighted by molar-refractivity contribution is 8.00. The third-order valence-electron chi connectivity index (χ3n) is 13.9. The van der Waals surface area contributed by atoms with E-state index in [4.69, 9.17) is 9.47 Å². The fourth-order valence-electron chi connectivity index (χ4n) is 9.82. The van der Waals surface area contributed by atoms with Crippen molar-refractivity contribution in [2.45, 2.75) is 74.5 Å². The van der Waals surface area contributed by atoms with Gasteiger partial charge in [0.15, 0.2) is 0 Å². The van der Waals surface area contributed by atoms with Gasteiger partial charge in [0.05, 0.1) is 48.5 Å². The van der Waals surface area contributed by atoms with Crippen molar-refractivity contribution in [1.29, 1.82) is 0 Å². The maximum atomic E-state index is 13.7. The molecular formula is C46H61N9O11S2. The van der Waals surface area contributed by atoms with Crippen LogP contribution in [0.1, 0.15) is 88.7 Å². The Morgan fingerprint density at radius 1 is 0.956 bits per heavy atom. The van der Waals surface area contributed by atoms with Gasteiger partial charge in [0.25, 0.3) is 11.8 Å². The van der Waals surface area contributed by atoms with E-state index in [0.717, 1.165) is 54.7 Å². The molecule has 0 spiro atoms. The minimum atomic E-state index is -3.36. The van der Waals surface area contributed by atoms with Crippen LogP contribution in [-0.2, 0) is 38.7 Å². The number of amides is 7. The summed E-state index contributed by atoms with van der Waals surface area (Å²) in [5.74, 6) is -2.12. The van der Waals surface area contributed by atoms with Gasteiger partial charge < -0.3 is 35.6 Å². The Bertz CT molecular complexity index is 2400. The first kappa shape index (κ1) is 49.5.